The minimum atomic E-state index is -4.41. The number of hydrogen-bond donors (Lipinski definition) is 0. The van der Waals surface area contributed by atoms with Crippen LogP contribution in [-0.2, 0) is 17.4 Å². The fraction of sp³-hybridized carbons (Fsp3) is 0.167. The molecule has 0 saturated carbocycles. The number of hydrogen-bond acceptors (Lipinski definition) is 6. The number of carbonyl (C=O) groups excluding carboxylic acids is 2. The van der Waals surface area contributed by atoms with Gasteiger partial charge in [-0.15, -0.1) is 0 Å². The summed E-state index contributed by atoms with van der Waals surface area (Å²) in [4.78, 5) is 28.5. The molecule has 0 saturated heterocycles. The van der Waals surface area contributed by atoms with E-state index in [1.807, 2.05) is 0 Å². The number of pyridine rings is 1. The average molecular weight is 590 g/mol. The van der Waals surface area contributed by atoms with Gasteiger partial charge in [0.1, 0.15) is 17.2 Å². The van der Waals surface area contributed by atoms with E-state index in [4.69, 9.17) is 21.1 Å². The van der Waals surface area contributed by atoms with Crippen molar-refractivity contribution in [1.82, 2.24) is 4.98 Å². The predicted molar refractivity (Wildman–Crippen MR) is 139 cm³/mol. The fourth-order valence-corrected chi connectivity index (χ4v) is 4.58. The van der Waals surface area contributed by atoms with Gasteiger partial charge in [0.25, 0.3) is 0 Å². The maximum Gasteiger partial charge on any atom is 1.00 e. The molecule has 1 aliphatic heterocycles. The van der Waals surface area contributed by atoms with E-state index < -0.39 is 23.6 Å². The zero-order chi connectivity index (χ0) is 28.4. The molecule has 3 aromatic carbocycles. The maximum absolute atomic E-state index is 12.8. The molecule has 11 heteroatoms. The summed E-state index contributed by atoms with van der Waals surface area (Å²) in [5, 5.41) is 11.6. The molecule has 0 spiro atoms. The second-order valence-electron chi connectivity index (χ2n) is 9.18. The van der Waals surface area contributed by atoms with Gasteiger partial charge >= 0.3 is 35.7 Å². The van der Waals surface area contributed by atoms with Crippen LogP contribution in [0.5, 0.6) is 17.2 Å². The number of ketones is 1. The normalized spacial score (nSPS) is 14.3. The molecule has 0 amide bonds. The first-order valence-corrected chi connectivity index (χ1v) is 12.6. The topological polar surface area (TPSA) is 88.5 Å². The quantitative estimate of drug-likeness (QED) is 0.243. The van der Waals surface area contributed by atoms with Gasteiger partial charge in [-0.3, -0.25) is 9.78 Å². The summed E-state index contributed by atoms with van der Waals surface area (Å²) in [5.41, 5.74) is 1.82. The van der Waals surface area contributed by atoms with E-state index in [1.54, 1.807) is 36.4 Å². The Kier molecular flexibility index (Phi) is 9.44. The molecule has 0 N–H and O–H groups in total. The molecule has 1 unspecified atom stereocenters. The number of fused-ring (bicyclic) bond motifs is 1. The molecule has 5 rings (SSSR count). The number of alkyl halides is 3. The van der Waals surface area contributed by atoms with E-state index in [1.165, 1.54) is 30.5 Å². The first-order valence-electron chi connectivity index (χ1n) is 12.2. The van der Waals surface area contributed by atoms with Gasteiger partial charge in [0.15, 0.2) is 5.78 Å². The Balaban J connectivity index is 0.00000387. The molecule has 1 atom stereocenters. The number of carbonyl (C=O) groups is 2. The standard InChI is InChI=1S/C30H21ClF3NO5.Na/c31-24-14-23-22(29(37)38)11-12-39-27(23)15-28(24)40-21-8-4-19(5-9-21)26(36)13-17-1-10-25(35-16-17)18-2-6-20(7-3-18)30(32,33)34;/h1-10,14-16,22H,11-13H2,(H,37,38);/q;+1/p-1. The Morgan fingerprint density at radius 2 is 1.73 bits per heavy atom. The minimum absolute atomic E-state index is 0. The second-order valence-corrected chi connectivity index (χ2v) is 9.59. The molecule has 1 aromatic heterocycles. The van der Waals surface area contributed by atoms with Crippen LogP contribution in [-0.4, -0.2) is 23.3 Å². The molecule has 0 aliphatic carbocycles. The van der Waals surface area contributed by atoms with Gasteiger partial charge in [-0.2, -0.15) is 13.2 Å². The Bertz CT molecular complexity index is 1560. The molecule has 0 fully saturated rings. The van der Waals surface area contributed by atoms with Crippen LogP contribution in [0.25, 0.3) is 11.3 Å². The number of aliphatic carboxylic acids is 1. The zero-order valence-corrected chi connectivity index (χ0v) is 24.5. The third-order valence-corrected chi connectivity index (χ3v) is 6.79. The molecular weight excluding hydrogens is 570 g/mol. The fourth-order valence-electron chi connectivity index (χ4n) is 4.37. The van der Waals surface area contributed by atoms with Crippen molar-refractivity contribution in [2.24, 2.45) is 0 Å². The van der Waals surface area contributed by atoms with Gasteiger partial charge in [-0.1, -0.05) is 29.8 Å². The third-order valence-electron chi connectivity index (χ3n) is 6.49. The second kappa shape index (κ2) is 12.7. The number of benzene rings is 3. The summed E-state index contributed by atoms with van der Waals surface area (Å²) in [6.45, 7) is 0.233. The van der Waals surface area contributed by atoms with Crippen LogP contribution in [0.2, 0.25) is 5.02 Å². The first-order chi connectivity index (χ1) is 19.1. The summed E-state index contributed by atoms with van der Waals surface area (Å²) >= 11 is 6.33. The molecular formula is C30H20ClF3NNaO5. The Labute approximate surface area is 260 Å². The molecule has 0 radical (unpaired) electrons. The third kappa shape index (κ3) is 7.11. The van der Waals surface area contributed by atoms with Crippen molar-refractivity contribution < 1.29 is 66.9 Å². The maximum atomic E-state index is 12.8. The van der Waals surface area contributed by atoms with Crippen LogP contribution in [0, 0.1) is 0 Å². The van der Waals surface area contributed by atoms with Gasteiger partial charge in [0, 0.05) is 47.3 Å². The molecule has 2 heterocycles. The van der Waals surface area contributed by atoms with E-state index in [-0.39, 0.29) is 59.1 Å². The van der Waals surface area contributed by atoms with Crippen LogP contribution in [0.1, 0.15) is 39.4 Å². The summed E-state index contributed by atoms with van der Waals surface area (Å²) < 4.78 is 49.8. The first kappa shape index (κ1) is 30.6. The van der Waals surface area contributed by atoms with Gasteiger partial charge in [0.05, 0.1) is 22.9 Å². The van der Waals surface area contributed by atoms with Gasteiger partial charge in [-0.25, -0.2) is 0 Å². The Morgan fingerprint density at radius 3 is 2.34 bits per heavy atom. The van der Waals surface area contributed by atoms with Crippen LogP contribution in [0.3, 0.4) is 0 Å². The van der Waals surface area contributed by atoms with Gasteiger partial charge < -0.3 is 19.4 Å². The SMILES string of the molecule is O=C(Cc1ccc(-c2ccc(C(F)(F)F)cc2)nc1)c1ccc(Oc2cc3c(cc2Cl)C(C(=O)[O-])CCO3)cc1.[Na+]. The summed E-state index contributed by atoms with van der Waals surface area (Å²) in [6, 6.07) is 17.6. The van der Waals surface area contributed by atoms with E-state index in [0.29, 0.717) is 45.9 Å². The van der Waals surface area contributed by atoms with Crippen molar-refractivity contribution in [3.8, 4) is 28.5 Å². The van der Waals surface area contributed by atoms with Gasteiger partial charge in [-0.05, 0) is 60.5 Å². The number of carboxylic acids is 1. The number of aromatic nitrogens is 1. The van der Waals surface area contributed by atoms with E-state index in [2.05, 4.69) is 4.98 Å². The van der Waals surface area contributed by atoms with Crippen LogP contribution < -0.4 is 44.1 Å². The van der Waals surface area contributed by atoms with Crippen molar-refractivity contribution in [2.45, 2.75) is 24.9 Å². The monoisotopic (exact) mass is 589 g/mol. The number of nitrogens with zero attached hydrogens (tertiary/aromatic N) is 1. The van der Waals surface area contributed by atoms with Crippen molar-refractivity contribution in [3.63, 3.8) is 0 Å². The molecule has 41 heavy (non-hydrogen) atoms. The van der Waals surface area contributed by atoms with E-state index in [0.717, 1.165) is 12.1 Å². The zero-order valence-electron chi connectivity index (χ0n) is 21.7. The van der Waals surface area contributed by atoms with Crippen molar-refractivity contribution in [1.29, 1.82) is 0 Å². The smallest absolute Gasteiger partial charge is 0.549 e. The molecule has 1 aliphatic rings. The van der Waals surface area contributed by atoms with Gasteiger partial charge in [0.2, 0.25) is 0 Å². The summed E-state index contributed by atoms with van der Waals surface area (Å²) in [7, 11) is 0. The Hall–Kier alpha value is -3.37. The Morgan fingerprint density at radius 1 is 1.02 bits per heavy atom. The molecule has 204 valence electrons. The number of halogens is 4. The number of rotatable bonds is 7. The van der Waals surface area contributed by atoms with Crippen LogP contribution >= 0.6 is 11.6 Å². The van der Waals surface area contributed by atoms with Crippen molar-refractivity contribution in [2.75, 3.05) is 6.61 Å². The molecule has 6 nitrogen and oxygen atoms in total. The largest absolute Gasteiger partial charge is 1.00 e. The van der Waals surface area contributed by atoms with Crippen molar-refractivity contribution >= 4 is 23.4 Å². The van der Waals surface area contributed by atoms with Crippen molar-refractivity contribution in [3.05, 3.63) is 106 Å². The minimum Gasteiger partial charge on any atom is -0.549 e. The number of carboxylic acid groups (broad SMARTS) is 1. The number of ether oxygens (including phenoxy) is 2. The number of Topliss-reactive ketones (excluding diaryl/α,β-unsaturated/α-hetero) is 1. The van der Waals surface area contributed by atoms with Crippen LogP contribution in [0.4, 0.5) is 13.2 Å². The van der Waals surface area contributed by atoms with Crippen LogP contribution in [0.15, 0.2) is 79.0 Å². The van der Waals surface area contributed by atoms with E-state index in [9.17, 15) is 27.9 Å². The molecule has 4 aromatic rings. The average Bonchev–Trinajstić information content (AvgIpc) is 2.93. The predicted octanol–water partition coefficient (Wildman–Crippen LogP) is 3.26. The molecule has 0 bridgehead atoms. The summed E-state index contributed by atoms with van der Waals surface area (Å²) in [6.07, 6.45) is -2.52. The summed E-state index contributed by atoms with van der Waals surface area (Å²) in [5.74, 6) is -1.11. The van der Waals surface area contributed by atoms with E-state index >= 15 is 0 Å².